The van der Waals surface area contributed by atoms with Crippen LogP contribution in [0.25, 0.3) is 6.08 Å². The maximum absolute atomic E-state index is 11.6. The van der Waals surface area contributed by atoms with E-state index in [9.17, 15) is 9.90 Å². The summed E-state index contributed by atoms with van der Waals surface area (Å²) in [6.45, 7) is 8.17. The topological polar surface area (TPSA) is 49.3 Å². The zero-order chi connectivity index (χ0) is 15.2. The average Bonchev–Trinajstić information content (AvgIpc) is 2.37. The van der Waals surface area contributed by atoms with E-state index in [1.165, 1.54) is 5.56 Å². The van der Waals surface area contributed by atoms with Crippen molar-refractivity contribution in [3.05, 3.63) is 41.5 Å². The van der Waals surface area contributed by atoms with Gasteiger partial charge in [0.1, 0.15) is 0 Å². The molecule has 1 aromatic carbocycles. The Morgan fingerprint density at radius 2 is 1.90 bits per heavy atom. The highest BCUT2D eigenvalue weighted by molar-refractivity contribution is 5.78. The van der Waals surface area contributed by atoms with Gasteiger partial charge in [-0.25, -0.2) is 0 Å². The first-order valence-electron chi connectivity index (χ1n) is 6.97. The van der Waals surface area contributed by atoms with Gasteiger partial charge in [0.25, 0.3) is 0 Å². The Balaban J connectivity index is 2.35. The van der Waals surface area contributed by atoms with Crippen molar-refractivity contribution in [2.45, 2.75) is 40.2 Å². The molecule has 0 aliphatic carbocycles. The van der Waals surface area contributed by atoms with Crippen LogP contribution < -0.4 is 5.32 Å². The first-order valence-corrected chi connectivity index (χ1v) is 6.97. The van der Waals surface area contributed by atoms with Crippen LogP contribution >= 0.6 is 0 Å². The molecule has 110 valence electrons. The molecular formula is C17H25NO2. The van der Waals surface area contributed by atoms with Gasteiger partial charge in [-0.2, -0.15) is 0 Å². The maximum Gasteiger partial charge on any atom is 0.223 e. The van der Waals surface area contributed by atoms with E-state index in [1.54, 1.807) is 0 Å². The quantitative estimate of drug-likeness (QED) is 0.868. The Bertz CT molecular complexity index is 455. The Morgan fingerprint density at radius 3 is 2.45 bits per heavy atom. The van der Waals surface area contributed by atoms with Gasteiger partial charge >= 0.3 is 0 Å². The van der Waals surface area contributed by atoms with E-state index < -0.39 is 6.10 Å². The van der Waals surface area contributed by atoms with E-state index in [0.717, 1.165) is 5.56 Å². The molecule has 0 saturated carbocycles. The summed E-state index contributed by atoms with van der Waals surface area (Å²) in [7, 11) is 0. The van der Waals surface area contributed by atoms with Crippen LogP contribution in [-0.4, -0.2) is 23.7 Å². The van der Waals surface area contributed by atoms with Crippen molar-refractivity contribution < 1.29 is 9.90 Å². The molecule has 2 N–H and O–H groups in total. The summed E-state index contributed by atoms with van der Waals surface area (Å²) in [5, 5.41) is 12.6. The normalized spacial score (nSPS) is 13.4. The number of aryl methyl sites for hydroxylation is 1. The van der Waals surface area contributed by atoms with Gasteiger partial charge in [-0.15, -0.1) is 0 Å². The molecule has 20 heavy (non-hydrogen) atoms. The van der Waals surface area contributed by atoms with Crippen LogP contribution in [0.4, 0.5) is 0 Å². The highest BCUT2D eigenvalue weighted by Crippen LogP contribution is 2.18. The van der Waals surface area contributed by atoms with Crippen molar-refractivity contribution in [3.63, 3.8) is 0 Å². The predicted octanol–water partition coefficient (Wildman–Crippen LogP) is 2.92. The first-order chi connectivity index (χ1) is 9.29. The Hall–Kier alpha value is -1.61. The lowest BCUT2D eigenvalue weighted by Gasteiger charge is -2.25. The molecule has 0 heterocycles. The molecule has 0 saturated heterocycles. The predicted molar refractivity (Wildman–Crippen MR) is 83.3 cm³/mol. The highest BCUT2D eigenvalue weighted by Gasteiger charge is 2.21. The lowest BCUT2D eigenvalue weighted by molar-refractivity contribution is -0.121. The van der Waals surface area contributed by atoms with Gasteiger partial charge in [-0.05, 0) is 17.9 Å². The summed E-state index contributed by atoms with van der Waals surface area (Å²) < 4.78 is 0. The Kier molecular flexibility index (Phi) is 5.96. The summed E-state index contributed by atoms with van der Waals surface area (Å²) in [4.78, 5) is 11.6. The number of rotatable bonds is 5. The van der Waals surface area contributed by atoms with Gasteiger partial charge in [0, 0.05) is 13.0 Å². The van der Waals surface area contributed by atoms with Gasteiger partial charge < -0.3 is 10.4 Å². The number of hydrogen-bond acceptors (Lipinski definition) is 2. The van der Waals surface area contributed by atoms with Gasteiger partial charge in [-0.1, -0.05) is 62.8 Å². The number of hydrogen-bond donors (Lipinski definition) is 2. The zero-order valence-electron chi connectivity index (χ0n) is 12.8. The number of benzene rings is 1. The second-order valence-corrected chi connectivity index (χ2v) is 6.20. The van der Waals surface area contributed by atoms with E-state index in [0.29, 0.717) is 13.0 Å². The van der Waals surface area contributed by atoms with E-state index in [-0.39, 0.29) is 11.3 Å². The van der Waals surface area contributed by atoms with Crippen LogP contribution in [0.1, 0.15) is 38.3 Å². The lowest BCUT2D eigenvalue weighted by atomic mass is 9.89. The van der Waals surface area contributed by atoms with E-state index in [2.05, 4.69) is 5.32 Å². The third-order valence-corrected chi connectivity index (χ3v) is 3.18. The fraction of sp³-hybridized carbons (Fsp3) is 0.471. The lowest BCUT2D eigenvalue weighted by Crippen LogP contribution is -2.39. The number of amides is 1. The maximum atomic E-state index is 11.6. The summed E-state index contributed by atoms with van der Waals surface area (Å²) in [6, 6.07) is 8.12. The third-order valence-electron chi connectivity index (χ3n) is 3.18. The van der Waals surface area contributed by atoms with Crippen LogP contribution in [0.3, 0.4) is 0 Å². The Labute approximate surface area is 121 Å². The van der Waals surface area contributed by atoms with Crippen molar-refractivity contribution in [2.24, 2.45) is 5.41 Å². The molecule has 0 aliphatic rings. The van der Waals surface area contributed by atoms with Crippen LogP contribution in [0.15, 0.2) is 30.3 Å². The summed E-state index contributed by atoms with van der Waals surface area (Å²) in [5.41, 5.74) is 2.08. The molecule has 0 fully saturated rings. The van der Waals surface area contributed by atoms with Gasteiger partial charge in [0.2, 0.25) is 5.91 Å². The van der Waals surface area contributed by atoms with Crippen molar-refractivity contribution >= 4 is 12.0 Å². The molecule has 0 radical (unpaired) electrons. The standard InChI is InChI=1S/C17H25NO2/c1-13-8-10-14(11-9-13)6-5-7-16(20)18-12-15(19)17(2,3)4/h5-6,8-11,15,19H,7,12H2,1-4H3,(H,18,20)/b6-5+. The minimum Gasteiger partial charge on any atom is -0.391 e. The number of carbonyl (C=O) groups is 1. The fourth-order valence-corrected chi connectivity index (χ4v) is 1.57. The average molecular weight is 275 g/mol. The van der Waals surface area contributed by atoms with Gasteiger partial charge in [-0.3, -0.25) is 4.79 Å². The third kappa shape index (κ3) is 6.02. The van der Waals surface area contributed by atoms with Crippen LogP contribution in [0.2, 0.25) is 0 Å². The second kappa shape index (κ2) is 7.25. The van der Waals surface area contributed by atoms with E-state index >= 15 is 0 Å². The van der Waals surface area contributed by atoms with Crippen molar-refractivity contribution in [1.29, 1.82) is 0 Å². The molecule has 1 atom stereocenters. The van der Waals surface area contributed by atoms with E-state index in [1.807, 2.05) is 64.1 Å². The minimum absolute atomic E-state index is 0.0725. The van der Waals surface area contributed by atoms with Crippen LogP contribution in [0, 0.1) is 12.3 Å². The van der Waals surface area contributed by atoms with Crippen LogP contribution in [-0.2, 0) is 4.79 Å². The Morgan fingerprint density at radius 1 is 1.30 bits per heavy atom. The zero-order valence-corrected chi connectivity index (χ0v) is 12.8. The minimum atomic E-state index is -0.535. The first kappa shape index (κ1) is 16.4. The molecule has 1 aromatic rings. The van der Waals surface area contributed by atoms with Gasteiger partial charge in [0.15, 0.2) is 0 Å². The molecule has 1 unspecified atom stereocenters. The largest absolute Gasteiger partial charge is 0.391 e. The molecule has 0 aromatic heterocycles. The smallest absolute Gasteiger partial charge is 0.223 e. The monoisotopic (exact) mass is 275 g/mol. The summed E-state index contributed by atoms with van der Waals surface area (Å²) in [5.74, 6) is -0.0725. The van der Waals surface area contributed by atoms with Crippen molar-refractivity contribution in [1.82, 2.24) is 5.32 Å². The molecule has 0 spiro atoms. The van der Waals surface area contributed by atoms with E-state index in [4.69, 9.17) is 0 Å². The molecule has 0 aliphatic heterocycles. The summed E-state index contributed by atoms with van der Waals surface area (Å²) in [6.07, 6.45) is 3.56. The van der Waals surface area contributed by atoms with Crippen molar-refractivity contribution in [3.8, 4) is 0 Å². The highest BCUT2D eigenvalue weighted by atomic mass is 16.3. The second-order valence-electron chi connectivity index (χ2n) is 6.20. The number of nitrogens with one attached hydrogen (secondary N) is 1. The molecular weight excluding hydrogens is 250 g/mol. The number of aliphatic hydroxyl groups is 1. The number of carbonyl (C=O) groups excluding carboxylic acids is 1. The molecule has 3 heteroatoms. The summed E-state index contributed by atoms with van der Waals surface area (Å²) >= 11 is 0. The molecule has 3 nitrogen and oxygen atoms in total. The van der Waals surface area contributed by atoms with Crippen molar-refractivity contribution in [2.75, 3.05) is 6.54 Å². The molecule has 1 rings (SSSR count). The van der Waals surface area contributed by atoms with Crippen LogP contribution in [0.5, 0.6) is 0 Å². The SMILES string of the molecule is Cc1ccc(/C=C/CC(=O)NCC(O)C(C)(C)C)cc1. The molecule has 0 bridgehead atoms. The fourth-order valence-electron chi connectivity index (χ4n) is 1.57. The number of aliphatic hydroxyl groups excluding tert-OH is 1. The van der Waals surface area contributed by atoms with Gasteiger partial charge in [0.05, 0.1) is 6.10 Å². The molecule has 1 amide bonds.